The van der Waals surface area contributed by atoms with Gasteiger partial charge in [-0.1, -0.05) is 65.0 Å². The number of rotatable bonds is 5. The highest BCUT2D eigenvalue weighted by Crippen LogP contribution is 2.66. The molecule has 0 saturated heterocycles. The van der Waals surface area contributed by atoms with Gasteiger partial charge in [0.2, 0.25) is 0 Å². The molecule has 2 N–H and O–H groups in total. The Morgan fingerprint density at radius 2 is 1.72 bits per heavy atom. The van der Waals surface area contributed by atoms with Crippen molar-refractivity contribution in [2.75, 3.05) is 0 Å². The standard InChI is InChI=1S/C27H46O2/c1-17(2)7-6-8-18(3)23-16-24(29)25-21-10-9-19-15-20(28)11-13-26(19,4)22(21)12-14-27(23,25)5/h17-20,23-25,28-29H,6-16H2,1-5H3/t18-,19?,20?,23-,24?,25-,26+,27-/m1/s1. The van der Waals surface area contributed by atoms with E-state index < -0.39 is 0 Å². The maximum absolute atomic E-state index is 11.3. The Balaban J connectivity index is 1.57. The molecule has 0 aromatic rings. The van der Waals surface area contributed by atoms with Crippen molar-refractivity contribution in [2.24, 2.45) is 40.4 Å². The number of allylic oxidation sites excluding steroid dienone is 1. The number of hydrogen-bond acceptors (Lipinski definition) is 2. The summed E-state index contributed by atoms with van der Waals surface area (Å²) in [4.78, 5) is 0. The Labute approximate surface area is 179 Å². The SMILES string of the molecule is CC(C)CCC[C@@H](C)[C@H]1CC(O)[C@H]2C3=C(CC[C@@]21C)[C@@]1(C)CCC(O)CC1CC3. The molecule has 0 heterocycles. The molecule has 3 unspecified atom stereocenters. The molecular formula is C27H46O2. The fraction of sp³-hybridized carbons (Fsp3) is 0.926. The highest BCUT2D eigenvalue weighted by molar-refractivity contribution is 5.35. The molecule has 0 spiro atoms. The smallest absolute Gasteiger partial charge is 0.0613 e. The first-order valence-electron chi connectivity index (χ1n) is 12.8. The van der Waals surface area contributed by atoms with E-state index in [-0.39, 0.29) is 23.0 Å². The Kier molecular flexibility index (Phi) is 6.01. The molecule has 29 heavy (non-hydrogen) atoms. The Morgan fingerprint density at radius 1 is 0.966 bits per heavy atom. The quantitative estimate of drug-likeness (QED) is 0.515. The Morgan fingerprint density at radius 3 is 2.45 bits per heavy atom. The van der Waals surface area contributed by atoms with Crippen LogP contribution in [0.2, 0.25) is 0 Å². The maximum atomic E-state index is 11.3. The molecular weight excluding hydrogens is 356 g/mol. The summed E-state index contributed by atoms with van der Waals surface area (Å²) >= 11 is 0. The number of hydrogen-bond donors (Lipinski definition) is 2. The molecule has 0 radical (unpaired) electrons. The molecule has 0 aliphatic heterocycles. The fourth-order valence-corrected chi connectivity index (χ4v) is 8.48. The highest BCUT2D eigenvalue weighted by atomic mass is 16.3. The zero-order chi connectivity index (χ0) is 21.0. The average Bonchev–Trinajstić information content (AvgIpc) is 2.93. The molecule has 166 valence electrons. The van der Waals surface area contributed by atoms with Crippen molar-refractivity contribution in [3.63, 3.8) is 0 Å². The monoisotopic (exact) mass is 402 g/mol. The van der Waals surface area contributed by atoms with E-state index >= 15 is 0 Å². The fourth-order valence-electron chi connectivity index (χ4n) is 8.48. The summed E-state index contributed by atoms with van der Waals surface area (Å²) < 4.78 is 0. The molecule has 0 aromatic carbocycles. The summed E-state index contributed by atoms with van der Waals surface area (Å²) in [7, 11) is 0. The predicted molar refractivity (Wildman–Crippen MR) is 121 cm³/mol. The minimum Gasteiger partial charge on any atom is -0.393 e. The lowest BCUT2D eigenvalue weighted by Gasteiger charge is -2.55. The Bertz CT molecular complexity index is 636. The second kappa shape index (κ2) is 7.97. The van der Waals surface area contributed by atoms with Crippen LogP contribution in [0.5, 0.6) is 0 Å². The van der Waals surface area contributed by atoms with E-state index in [9.17, 15) is 10.2 Å². The van der Waals surface area contributed by atoms with Gasteiger partial charge >= 0.3 is 0 Å². The first-order chi connectivity index (χ1) is 13.7. The third kappa shape index (κ3) is 3.65. The van der Waals surface area contributed by atoms with Gasteiger partial charge < -0.3 is 10.2 Å². The van der Waals surface area contributed by atoms with Crippen molar-refractivity contribution < 1.29 is 10.2 Å². The van der Waals surface area contributed by atoms with Crippen molar-refractivity contribution in [2.45, 2.75) is 117 Å². The zero-order valence-electron chi connectivity index (χ0n) is 19.7. The number of aliphatic hydroxyl groups is 2. The van der Waals surface area contributed by atoms with Crippen LogP contribution in [0, 0.1) is 40.4 Å². The van der Waals surface area contributed by atoms with Gasteiger partial charge in [-0.25, -0.2) is 0 Å². The van der Waals surface area contributed by atoms with Crippen LogP contribution >= 0.6 is 0 Å². The lowest BCUT2D eigenvalue weighted by Crippen LogP contribution is -2.46. The normalized spacial score (nSPS) is 45.7. The van der Waals surface area contributed by atoms with Crippen molar-refractivity contribution >= 4 is 0 Å². The van der Waals surface area contributed by atoms with Gasteiger partial charge in [-0.2, -0.15) is 0 Å². The topological polar surface area (TPSA) is 40.5 Å². The van der Waals surface area contributed by atoms with Gasteiger partial charge in [0, 0.05) is 5.92 Å². The molecule has 2 nitrogen and oxygen atoms in total. The highest BCUT2D eigenvalue weighted by Gasteiger charge is 2.58. The Hall–Kier alpha value is -0.340. The average molecular weight is 403 g/mol. The summed E-state index contributed by atoms with van der Waals surface area (Å²) in [6, 6.07) is 0. The second-order valence-electron chi connectivity index (χ2n) is 12.3. The van der Waals surface area contributed by atoms with Gasteiger partial charge in [0.25, 0.3) is 0 Å². The van der Waals surface area contributed by atoms with Crippen molar-refractivity contribution in [1.82, 2.24) is 0 Å². The predicted octanol–water partition coefficient (Wildman–Crippen LogP) is 6.50. The van der Waals surface area contributed by atoms with Gasteiger partial charge in [-0.15, -0.1) is 0 Å². The molecule has 8 atom stereocenters. The van der Waals surface area contributed by atoms with E-state index in [1.54, 1.807) is 11.1 Å². The maximum Gasteiger partial charge on any atom is 0.0613 e. The third-order valence-electron chi connectivity index (χ3n) is 10.1. The van der Waals surface area contributed by atoms with E-state index in [4.69, 9.17) is 0 Å². The minimum absolute atomic E-state index is 0.0859. The second-order valence-corrected chi connectivity index (χ2v) is 12.3. The first-order valence-corrected chi connectivity index (χ1v) is 12.8. The molecule has 2 fully saturated rings. The summed E-state index contributed by atoms with van der Waals surface area (Å²) in [6.07, 6.45) is 12.8. The number of aliphatic hydroxyl groups excluding tert-OH is 2. The largest absolute Gasteiger partial charge is 0.393 e. The van der Waals surface area contributed by atoms with Crippen LogP contribution in [0.1, 0.15) is 105 Å². The number of fused-ring (bicyclic) bond motifs is 4. The van der Waals surface area contributed by atoms with Gasteiger partial charge in [-0.05, 0) is 85.9 Å². The van der Waals surface area contributed by atoms with Crippen LogP contribution in [-0.2, 0) is 0 Å². The summed E-state index contributed by atoms with van der Waals surface area (Å²) in [5, 5.41) is 21.5. The van der Waals surface area contributed by atoms with E-state index in [0.29, 0.717) is 17.8 Å². The third-order valence-corrected chi connectivity index (χ3v) is 10.1. The van der Waals surface area contributed by atoms with Gasteiger partial charge in [0.05, 0.1) is 12.2 Å². The molecule has 2 heteroatoms. The summed E-state index contributed by atoms with van der Waals surface area (Å²) in [5.74, 6) is 3.24. The molecule has 0 aromatic heterocycles. The van der Waals surface area contributed by atoms with E-state index in [2.05, 4.69) is 34.6 Å². The first kappa shape index (κ1) is 21.9. The summed E-state index contributed by atoms with van der Waals surface area (Å²) in [6.45, 7) is 12.2. The lowest BCUT2D eigenvalue weighted by molar-refractivity contribution is 0.00658. The molecule has 4 aliphatic carbocycles. The molecule has 0 amide bonds. The lowest BCUT2D eigenvalue weighted by atomic mass is 9.50. The van der Waals surface area contributed by atoms with Crippen molar-refractivity contribution in [3.8, 4) is 0 Å². The van der Waals surface area contributed by atoms with Gasteiger partial charge in [-0.3, -0.25) is 0 Å². The van der Waals surface area contributed by atoms with Crippen LogP contribution in [0.4, 0.5) is 0 Å². The molecule has 4 aliphatic rings. The van der Waals surface area contributed by atoms with Crippen molar-refractivity contribution in [1.29, 1.82) is 0 Å². The van der Waals surface area contributed by atoms with Gasteiger partial charge in [0.15, 0.2) is 0 Å². The van der Waals surface area contributed by atoms with E-state index in [1.165, 1.54) is 44.9 Å². The van der Waals surface area contributed by atoms with Crippen LogP contribution in [-0.4, -0.2) is 22.4 Å². The zero-order valence-corrected chi connectivity index (χ0v) is 19.7. The molecule has 2 saturated carbocycles. The molecule has 0 bridgehead atoms. The van der Waals surface area contributed by atoms with Crippen LogP contribution in [0.3, 0.4) is 0 Å². The van der Waals surface area contributed by atoms with Crippen LogP contribution in [0.15, 0.2) is 11.1 Å². The summed E-state index contributed by atoms with van der Waals surface area (Å²) in [5.41, 5.74) is 3.95. The van der Waals surface area contributed by atoms with Crippen LogP contribution < -0.4 is 0 Å². The van der Waals surface area contributed by atoms with Crippen LogP contribution in [0.25, 0.3) is 0 Å². The van der Waals surface area contributed by atoms with E-state index in [1.807, 2.05) is 0 Å². The van der Waals surface area contributed by atoms with Gasteiger partial charge in [0.1, 0.15) is 0 Å². The van der Waals surface area contributed by atoms with Crippen molar-refractivity contribution in [3.05, 3.63) is 11.1 Å². The minimum atomic E-state index is -0.142. The molecule has 4 rings (SSSR count). The van der Waals surface area contributed by atoms with E-state index in [0.717, 1.165) is 37.5 Å².